The number of aryl methyl sites for hydroxylation is 1. The van der Waals surface area contributed by atoms with Crippen LogP contribution in [0.5, 0.6) is 5.75 Å². The van der Waals surface area contributed by atoms with Crippen molar-refractivity contribution in [3.63, 3.8) is 0 Å². The van der Waals surface area contributed by atoms with E-state index in [1.54, 1.807) is 7.11 Å². The number of anilines is 2. The summed E-state index contributed by atoms with van der Waals surface area (Å²) >= 11 is 10.5. The summed E-state index contributed by atoms with van der Waals surface area (Å²) in [7, 11) is 1.62. The Labute approximate surface area is 165 Å². The molecule has 5 nitrogen and oxygen atoms in total. The van der Waals surface area contributed by atoms with Crippen molar-refractivity contribution in [3.05, 3.63) is 54.1 Å². The Balaban J connectivity index is 1.76. The van der Waals surface area contributed by atoms with Crippen LogP contribution in [0.3, 0.4) is 0 Å². The van der Waals surface area contributed by atoms with E-state index in [2.05, 4.69) is 40.5 Å². The van der Waals surface area contributed by atoms with Gasteiger partial charge >= 0.3 is 0 Å². The van der Waals surface area contributed by atoms with Crippen LogP contribution in [-0.2, 0) is 6.42 Å². The second-order valence-electron chi connectivity index (χ2n) is 5.69. The van der Waals surface area contributed by atoms with Crippen molar-refractivity contribution in [1.82, 2.24) is 10.9 Å². The summed E-state index contributed by atoms with van der Waals surface area (Å²) in [5.41, 5.74) is 8.80. The van der Waals surface area contributed by atoms with Gasteiger partial charge in [-0.1, -0.05) is 31.5 Å². The Morgan fingerprint density at radius 3 is 2.19 bits per heavy atom. The van der Waals surface area contributed by atoms with Crippen LogP contribution in [0, 0.1) is 0 Å². The van der Waals surface area contributed by atoms with E-state index < -0.39 is 0 Å². The molecule has 0 fully saturated rings. The summed E-state index contributed by atoms with van der Waals surface area (Å²) in [6.07, 6.45) is 3.50. The zero-order valence-corrected chi connectivity index (χ0v) is 16.6. The molecular formula is C19H24N4OS2. The van der Waals surface area contributed by atoms with Crippen LogP contribution in [0.4, 0.5) is 11.4 Å². The minimum atomic E-state index is 0.400. The fourth-order valence-electron chi connectivity index (χ4n) is 2.27. The lowest BCUT2D eigenvalue weighted by Crippen LogP contribution is -2.45. The van der Waals surface area contributed by atoms with E-state index in [1.165, 1.54) is 18.4 Å². The number of hydrazine groups is 1. The van der Waals surface area contributed by atoms with E-state index in [4.69, 9.17) is 29.2 Å². The summed E-state index contributed by atoms with van der Waals surface area (Å²) in [4.78, 5) is 0. The van der Waals surface area contributed by atoms with Gasteiger partial charge in [-0.3, -0.25) is 10.9 Å². The third kappa shape index (κ3) is 6.85. The van der Waals surface area contributed by atoms with Crippen molar-refractivity contribution in [2.75, 3.05) is 17.7 Å². The van der Waals surface area contributed by atoms with Gasteiger partial charge in [0.25, 0.3) is 0 Å². The molecule has 0 saturated carbocycles. The molecule has 26 heavy (non-hydrogen) atoms. The summed E-state index contributed by atoms with van der Waals surface area (Å²) in [5.74, 6) is 0.755. The molecule has 0 atom stereocenters. The first-order valence-electron chi connectivity index (χ1n) is 8.47. The predicted octanol–water partition coefficient (Wildman–Crippen LogP) is 4.23. The number of nitrogens with one attached hydrogen (secondary N) is 4. The molecule has 0 aliphatic rings. The Morgan fingerprint density at radius 2 is 1.58 bits per heavy atom. The monoisotopic (exact) mass is 388 g/mol. The number of benzene rings is 2. The molecule has 0 aromatic heterocycles. The number of unbranched alkanes of at least 4 members (excludes halogenated alkanes) is 1. The van der Waals surface area contributed by atoms with Crippen molar-refractivity contribution < 1.29 is 4.74 Å². The lowest BCUT2D eigenvalue weighted by atomic mass is 10.1. The number of methoxy groups -OCH3 is 1. The second kappa shape index (κ2) is 10.6. The van der Waals surface area contributed by atoms with Gasteiger partial charge in [0.2, 0.25) is 0 Å². The summed E-state index contributed by atoms with van der Waals surface area (Å²) in [5, 5.41) is 7.00. The van der Waals surface area contributed by atoms with Gasteiger partial charge in [0.15, 0.2) is 10.2 Å². The molecule has 0 spiro atoms. The first kappa shape index (κ1) is 19.9. The van der Waals surface area contributed by atoms with Gasteiger partial charge in [0.05, 0.1) is 7.11 Å². The number of hydrogen-bond acceptors (Lipinski definition) is 3. The van der Waals surface area contributed by atoms with Crippen LogP contribution in [0.1, 0.15) is 25.3 Å². The molecule has 2 aromatic rings. The van der Waals surface area contributed by atoms with Crippen molar-refractivity contribution >= 4 is 46.0 Å². The zero-order valence-electron chi connectivity index (χ0n) is 15.0. The summed E-state index contributed by atoms with van der Waals surface area (Å²) in [6, 6.07) is 15.8. The topological polar surface area (TPSA) is 57.3 Å². The normalized spacial score (nSPS) is 9.92. The minimum absolute atomic E-state index is 0.400. The van der Waals surface area contributed by atoms with Crippen LogP contribution in [0.15, 0.2) is 48.5 Å². The van der Waals surface area contributed by atoms with Crippen LogP contribution in [-0.4, -0.2) is 17.3 Å². The number of hydrogen-bond donors (Lipinski definition) is 4. The molecule has 2 aromatic carbocycles. The molecule has 7 heteroatoms. The second-order valence-corrected chi connectivity index (χ2v) is 6.51. The third-order valence-corrected chi connectivity index (χ3v) is 4.06. The molecule has 138 valence electrons. The van der Waals surface area contributed by atoms with Gasteiger partial charge in [0.1, 0.15) is 5.75 Å². The third-order valence-electron chi connectivity index (χ3n) is 3.65. The van der Waals surface area contributed by atoms with Gasteiger partial charge in [-0.05, 0) is 67.1 Å². The molecule has 0 bridgehead atoms. The first-order chi connectivity index (χ1) is 12.6. The highest BCUT2D eigenvalue weighted by molar-refractivity contribution is 7.81. The van der Waals surface area contributed by atoms with Crippen LogP contribution in [0.2, 0.25) is 0 Å². The molecule has 0 saturated heterocycles. The Hall–Kier alpha value is -2.38. The van der Waals surface area contributed by atoms with Gasteiger partial charge < -0.3 is 15.4 Å². The van der Waals surface area contributed by atoms with Crippen LogP contribution < -0.4 is 26.2 Å². The number of rotatable bonds is 6. The standard InChI is InChI=1S/C19H24N4OS2/c1-3-4-6-14-9-11-15(12-10-14)20-18(25)22-23-19(26)21-16-7-5-8-17(13-16)24-2/h5,7-13H,3-4,6H2,1-2H3,(H2,20,22,25)(H2,21,23,26). The molecule has 0 heterocycles. The summed E-state index contributed by atoms with van der Waals surface area (Å²) in [6.45, 7) is 2.20. The number of thiocarbonyl (C=S) groups is 2. The molecule has 0 aliphatic heterocycles. The van der Waals surface area contributed by atoms with E-state index in [0.29, 0.717) is 10.2 Å². The fraction of sp³-hybridized carbons (Fsp3) is 0.263. The highest BCUT2D eigenvalue weighted by atomic mass is 32.1. The molecular weight excluding hydrogens is 364 g/mol. The molecule has 0 aliphatic carbocycles. The maximum absolute atomic E-state index is 5.27. The maximum atomic E-state index is 5.27. The van der Waals surface area contributed by atoms with Crippen molar-refractivity contribution in [2.24, 2.45) is 0 Å². The molecule has 0 radical (unpaired) electrons. The van der Waals surface area contributed by atoms with E-state index in [1.807, 2.05) is 36.4 Å². The highest BCUT2D eigenvalue weighted by Crippen LogP contribution is 2.16. The molecule has 4 N–H and O–H groups in total. The van der Waals surface area contributed by atoms with E-state index >= 15 is 0 Å². The van der Waals surface area contributed by atoms with Crippen molar-refractivity contribution in [3.8, 4) is 5.75 Å². The lowest BCUT2D eigenvalue weighted by Gasteiger charge is -2.15. The molecule has 0 amide bonds. The molecule has 0 unspecified atom stereocenters. The minimum Gasteiger partial charge on any atom is -0.497 e. The van der Waals surface area contributed by atoms with Crippen molar-refractivity contribution in [1.29, 1.82) is 0 Å². The Morgan fingerprint density at radius 1 is 0.923 bits per heavy atom. The van der Waals surface area contributed by atoms with Crippen LogP contribution in [0.25, 0.3) is 0 Å². The smallest absolute Gasteiger partial charge is 0.189 e. The highest BCUT2D eigenvalue weighted by Gasteiger charge is 2.01. The number of ether oxygens (including phenoxy) is 1. The van der Waals surface area contributed by atoms with Gasteiger partial charge in [-0.2, -0.15) is 0 Å². The van der Waals surface area contributed by atoms with Crippen molar-refractivity contribution in [2.45, 2.75) is 26.2 Å². The Bertz CT molecular complexity index is 735. The van der Waals surface area contributed by atoms with Gasteiger partial charge in [-0.15, -0.1) is 0 Å². The predicted molar refractivity (Wildman–Crippen MR) is 117 cm³/mol. The lowest BCUT2D eigenvalue weighted by molar-refractivity contribution is 0.415. The average Bonchev–Trinajstić information content (AvgIpc) is 2.66. The first-order valence-corrected chi connectivity index (χ1v) is 9.29. The largest absolute Gasteiger partial charge is 0.497 e. The van der Waals surface area contributed by atoms with Crippen LogP contribution >= 0.6 is 24.4 Å². The summed E-state index contributed by atoms with van der Waals surface area (Å²) < 4.78 is 5.18. The van der Waals surface area contributed by atoms with E-state index in [0.717, 1.165) is 23.5 Å². The average molecular weight is 389 g/mol. The fourth-order valence-corrected chi connectivity index (χ4v) is 2.61. The Kier molecular flexibility index (Phi) is 8.11. The molecule has 2 rings (SSSR count). The SMILES string of the molecule is CCCCc1ccc(NC(=S)NNC(=S)Nc2cccc(OC)c2)cc1. The van der Waals surface area contributed by atoms with E-state index in [9.17, 15) is 0 Å². The van der Waals surface area contributed by atoms with E-state index in [-0.39, 0.29) is 0 Å². The maximum Gasteiger partial charge on any atom is 0.189 e. The zero-order chi connectivity index (χ0) is 18.8. The van der Waals surface area contributed by atoms with Gasteiger partial charge in [0, 0.05) is 17.4 Å². The van der Waals surface area contributed by atoms with Gasteiger partial charge in [-0.25, -0.2) is 0 Å². The quantitative estimate of drug-likeness (QED) is 0.436.